The van der Waals surface area contributed by atoms with Gasteiger partial charge in [-0.25, -0.2) is 4.98 Å². The molecule has 0 aliphatic carbocycles. The maximum Gasteiger partial charge on any atom is 0.225 e. The largest absolute Gasteiger partial charge is 0.366 e. The van der Waals surface area contributed by atoms with E-state index in [1.807, 2.05) is 55.6 Å². The molecule has 0 fully saturated rings. The van der Waals surface area contributed by atoms with Gasteiger partial charge >= 0.3 is 0 Å². The fourth-order valence-electron chi connectivity index (χ4n) is 2.25. The summed E-state index contributed by atoms with van der Waals surface area (Å²) in [6, 6.07) is 13.6. The Balaban J connectivity index is 1.66. The van der Waals surface area contributed by atoms with Crippen molar-refractivity contribution >= 4 is 23.4 Å². The van der Waals surface area contributed by atoms with E-state index in [-0.39, 0.29) is 0 Å². The topological polar surface area (TPSA) is 62.7 Å². The van der Waals surface area contributed by atoms with E-state index >= 15 is 0 Å². The molecule has 2 heterocycles. The number of halogens is 1. The lowest BCUT2D eigenvalue weighted by molar-refractivity contribution is 1.01. The maximum atomic E-state index is 6.17. The highest BCUT2D eigenvalue weighted by molar-refractivity contribution is 6.31. The van der Waals surface area contributed by atoms with Gasteiger partial charge in [-0.1, -0.05) is 35.9 Å². The van der Waals surface area contributed by atoms with Crippen LogP contribution in [0.2, 0.25) is 5.02 Å². The second-order valence-electron chi connectivity index (χ2n) is 5.38. The monoisotopic (exact) mass is 339 g/mol. The van der Waals surface area contributed by atoms with E-state index in [2.05, 4.69) is 25.6 Å². The molecule has 0 aliphatic heterocycles. The molecule has 1 aromatic carbocycles. The van der Waals surface area contributed by atoms with Gasteiger partial charge in [0.1, 0.15) is 5.82 Å². The van der Waals surface area contributed by atoms with Crippen LogP contribution in [-0.2, 0) is 13.1 Å². The van der Waals surface area contributed by atoms with Crippen LogP contribution in [0.15, 0.2) is 54.9 Å². The van der Waals surface area contributed by atoms with E-state index < -0.39 is 0 Å². The van der Waals surface area contributed by atoms with Crippen molar-refractivity contribution in [2.75, 3.05) is 10.6 Å². The van der Waals surface area contributed by atoms with Crippen LogP contribution in [0.5, 0.6) is 0 Å². The molecule has 0 atom stereocenters. The molecule has 5 nitrogen and oxygen atoms in total. The Bertz CT molecular complexity index is 808. The number of hydrogen-bond acceptors (Lipinski definition) is 5. The molecule has 0 saturated carbocycles. The summed E-state index contributed by atoms with van der Waals surface area (Å²) in [7, 11) is 0. The van der Waals surface area contributed by atoms with E-state index in [0.29, 0.717) is 19.0 Å². The molecule has 24 heavy (non-hydrogen) atoms. The zero-order chi connectivity index (χ0) is 16.8. The number of nitrogens with zero attached hydrogens (tertiary/aromatic N) is 3. The summed E-state index contributed by atoms with van der Waals surface area (Å²) >= 11 is 6.17. The number of aryl methyl sites for hydroxylation is 1. The minimum atomic E-state index is 0.573. The molecule has 0 aliphatic rings. The molecule has 0 unspecified atom stereocenters. The van der Waals surface area contributed by atoms with Crippen LogP contribution in [-0.4, -0.2) is 15.0 Å². The van der Waals surface area contributed by atoms with Gasteiger partial charge in [0.2, 0.25) is 5.95 Å². The highest BCUT2D eigenvalue weighted by Gasteiger charge is 2.04. The molecule has 0 spiro atoms. The van der Waals surface area contributed by atoms with Gasteiger partial charge in [-0.15, -0.1) is 0 Å². The minimum absolute atomic E-state index is 0.573. The third kappa shape index (κ3) is 4.43. The third-order valence-electron chi connectivity index (χ3n) is 3.45. The number of anilines is 2. The van der Waals surface area contributed by atoms with E-state index in [0.717, 1.165) is 27.7 Å². The van der Waals surface area contributed by atoms with Gasteiger partial charge in [0.05, 0.1) is 0 Å². The Labute approximate surface area is 146 Å². The summed E-state index contributed by atoms with van der Waals surface area (Å²) in [4.78, 5) is 13.0. The van der Waals surface area contributed by atoms with Crippen LogP contribution in [0.3, 0.4) is 0 Å². The second-order valence-corrected chi connectivity index (χ2v) is 5.79. The first kappa shape index (κ1) is 16.2. The molecule has 0 amide bonds. The van der Waals surface area contributed by atoms with E-state index in [1.54, 1.807) is 6.20 Å². The Morgan fingerprint density at radius 1 is 1.00 bits per heavy atom. The lowest BCUT2D eigenvalue weighted by Crippen LogP contribution is -2.08. The molecule has 2 N–H and O–H groups in total. The Hall–Kier alpha value is -2.66. The Morgan fingerprint density at radius 3 is 2.67 bits per heavy atom. The van der Waals surface area contributed by atoms with Crippen molar-refractivity contribution in [3.8, 4) is 0 Å². The van der Waals surface area contributed by atoms with Crippen molar-refractivity contribution in [1.29, 1.82) is 0 Å². The Kier molecular flexibility index (Phi) is 5.23. The summed E-state index contributed by atoms with van der Waals surface area (Å²) in [6.45, 7) is 3.18. The zero-order valence-corrected chi connectivity index (χ0v) is 14.1. The van der Waals surface area contributed by atoms with Crippen molar-refractivity contribution in [3.05, 3.63) is 76.7 Å². The number of hydrogen-bond donors (Lipinski definition) is 2. The predicted octanol–water partition coefficient (Wildman–Crippen LogP) is 4.06. The lowest BCUT2D eigenvalue weighted by atomic mass is 10.2. The van der Waals surface area contributed by atoms with Crippen LogP contribution in [0.25, 0.3) is 0 Å². The average Bonchev–Trinajstić information content (AvgIpc) is 2.60. The summed E-state index contributed by atoms with van der Waals surface area (Å²) in [6.07, 6.45) is 3.59. The van der Waals surface area contributed by atoms with Crippen molar-refractivity contribution in [2.45, 2.75) is 20.0 Å². The smallest absolute Gasteiger partial charge is 0.225 e. The van der Waals surface area contributed by atoms with E-state index in [9.17, 15) is 0 Å². The van der Waals surface area contributed by atoms with Gasteiger partial charge in [0.25, 0.3) is 0 Å². The predicted molar refractivity (Wildman–Crippen MR) is 97.1 cm³/mol. The normalized spacial score (nSPS) is 10.4. The van der Waals surface area contributed by atoms with Crippen molar-refractivity contribution < 1.29 is 0 Å². The van der Waals surface area contributed by atoms with Crippen LogP contribution in [0.4, 0.5) is 11.8 Å². The van der Waals surface area contributed by atoms with E-state index in [4.69, 9.17) is 11.6 Å². The standard InChI is InChI=1S/C18H18ClN5/c1-13-9-17(21-11-14-5-4-8-20-10-14)24-18(23-13)22-12-15-6-2-3-7-16(15)19/h2-10H,11-12H2,1H3,(H2,21,22,23,24). The molecule has 3 rings (SSSR count). The van der Waals surface area contributed by atoms with Crippen molar-refractivity contribution in [2.24, 2.45) is 0 Å². The van der Waals surface area contributed by atoms with Gasteiger partial charge in [-0.2, -0.15) is 4.98 Å². The van der Waals surface area contributed by atoms with Crippen LogP contribution in [0, 0.1) is 6.92 Å². The van der Waals surface area contributed by atoms with Gasteiger partial charge in [0.15, 0.2) is 0 Å². The fourth-order valence-corrected chi connectivity index (χ4v) is 2.45. The summed E-state index contributed by atoms with van der Waals surface area (Å²) in [5.41, 5.74) is 2.99. The SMILES string of the molecule is Cc1cc(NCc2cccnc2)nc(NCc2ccccc2Cl)n1. The quantitative estimate of drug-likeness (QED) is 0.709. The lowest BCUT2D eigenvalue weighted by Gasteiger charge is -2.10. The first-order valence-corrected chi connectivity index (χ1v) is 8.04. The first-order valence-electron chi connectivity index (χ1n) is 7.66. The second kappa shape index (κ2) is 7.75. The number of benzene rings is 1. The van der Waals surface area contributed by atoms with Crippen LogP contribution < -0.4 is 10.6 Å². The highest BCUT2D eigenvalue weighted by Crippen LogP contribution is 2.17. The molecule has 0 saturated heterocycles. The molecule has 2 aromatic heterocycles. The summed E-state index contributed by atoms with van der Waals surface area (Å²) in [5, 5.41) is 7.25. The summed E-state index contributed by atoms with van der Waals surface area (Å²) in [5.74, 6) is 1.34. The van der Waals surface area contributed by atoms with Crippen LogP contribution >= 0.6 is 11.6 Å². The zero-order valence-electron chi connectivity index (χ0n) is 13.3. The van der Waals surface area contributed by atoms with Gasteiger partial charge < -0.3 is 10.6 Å². The maximum absolute atomic E-state index is 6.17. The minimum Gasteiger partial charge on any atom is -0.366 e. The van der Waals surface area contributed by atoms with Gasteiger partial charge in [-0.3, -0.25) is 4.98 Å². The van der Waals surface area contributed by atoms with Gasteiger partial charge in [0, 0.05) is 42.3 Å². The highest BCUT2D eigenvalue weighted by atomic mass is 35.5. The number of nitrogens with one attached hydrogen (secondary N) is 2. The Morgan fingerprint density at radius 2 is 1.88 bits per heavy atom. The van der Waals surface area contributed by atoms with Crippen molar-refractivity contribution in [3.63, 3.8) is 0 Å². The van der Waals surface area contributed by atoms with Gasteiger partial charge in [-0.05, 0) is 30.2 Å². The molecule has 3 aromatic rings. The molecular formula is C18H18ClN5. The third-order valence-corrected chi connectivity index (χ3v) is 3.81. The number of pyridine rings is 1. The molecular weight excluding hydrogens is 322 g/mol. The number of rotatable bonds is 6. The van der Waals surface area contributed by atoms with Crippen molar-refractivity contribution in [1.82, 2.24) is 15.0 Å². The van der Waals surface area contributed by atoms with E-state index in [1.165, 1.54) is 0 Å². The first-order chi connectivity index (χ1) is 11.7. The number of aromatic nitrogens is 3. The molecule has 6 heteroatoms. The average molecular weight is 340 g/mol. The van der Waals surface area contributed by atoms with Crippen LogP contribution in [0.1, 0.15) is 16.8 Å². The fraction of sp³-hybridized carbons (Fsp3) is 0.167. The molecule has 0 radical (unpaired) electrons. The molecule has 122 valence electrons. The summed E-state index contributed by atoms with van der Waals surface area (Å²) < 4.78 is 0. The molecule has 0 bridgehead atoms.